The molecule has 1 aliphatic rings. The summed E-state index contributed by atoms with van der Waals surface area (Å²) in [5, 5.41) is 12.8. The van der Waals surface area contributed by atoms with E-state index in [-0.39, 0.29) is 35.1 Å². The van der Waals surface area contributed by atoms with Crippen molar-refractivity contribution in [1.82, 2.24) is 5.32 Å². The van der Waals surface area contributed by atoms with Crippen LogP contribution in [-0.2, 0) is 28.0 Å². The van der Waals surface area contributed by atoms with Crippen LogP contribution in [0.1, 0.15) is 43.0 Å². The average Bonchev–Trinajstić information content (AvgIpc) is 3.11. The van der Waals surface area contributed by atoms with Crippen molar-refractivity contribution in [2.24, 2.45) is 0 Å². The number of ether oxygens (including phenoxy) is 1. The van der Waals surface area contributed by atoms with Crippen molar-refractivity contribution in [3.05, 3.63) is 111 Å². The molecule has 0 fully saturated rings. The second-order valence-corrected chi connectivity index (χ2v) is 10.6. The molecular weight excluding hydrogens is 513 g/mol. The molecule has 1 aliphatic heterocycles. The molecule has 0 saturated carbocycles. The van der Waals surface area contributed by atoms with Gasteiger partial charge in [-0.3, -0.25) is 4.79 Å². The van der Waals surface area contributed by atoms with Crippen molar-refractivity contribution in [3.63, 3.8) is 0 Å². The van der Waals surface area contributed by atoms with E-state index in [1.165, 1.54) is 6.07 Å². The summed E-state index contributed by atoms with van der Waals surface area (Å²) in [5.74, 6) is -1.12. The summed E-state index contributed by atoms with van der Waals surface area (Å²) in [6.07, 6.45) is -1.20. The Bertz CT molecular complexity index is 1740. The van der Waals surface area contributed by atoms with E-state index in [1.807, 2.05) is 36.4 Å². The highest BCUT2D eigenvalue weighted by Crippen LogP contribution is 2.44. The number of amides is 2. The van der Waals surface area contributed by atoms with Gasteiger partial charge in [-0.1, -0.05) is 48.5 Å². The van der Waals surface area contributed by atoms with Gasteiger partial charge in [-0.25, -0.2) is 14.0 Å². The van der Waals surface area contributed by atoms with Gasteiger partial charge >= 0.3 is 11.7 Å². The Kier molecular flexibility index (Phi) is 6.64. The number of para-hydroxylation sites is 1. The van der Waals surface area contributed by atoms with Crippen LogP contribution in [0.15, 0.2) is 82.0 Å². The Hall–Kier alpha value is -4.97. The number of benzene rings is 3. The second-order valence-electron chi connectivity index (χ2n) is 10.6. The third-order valence-corrected chi connectivity index (χ3v) is 6.69. The maximum Gasteiger partial charge on any atom is 0.408 e. The minimum absolute atomic E-state index is 0.0488. The molecule has 0 bridgehead atoms. The fourth-order valence-electron chi connectivity index (χ4n) is 5.06. The zero-order chi connectivity index (χ0) is 28.7. The molecule has 1 atom stereocenters. The summed E-state index contributed by atoms with van der Waals surface area (Å²) in [5.41, 5.74) is -2.00. The fraction of sp³-hybridized carbons (Fsp3) is 0.226. The number of carbonyl (C=O) groups is 2. The van der Waals surface area contributed by atoms with Crippen LogP contribution in [0.5, 0.6) is 0 Å². The maximum atomic E-state index is 14.5. The predicted octanol–water partition coefficient (Wildman–Crippen LogP) is 5.31. The highest BCUT2D eigenvalue weighted by molar-refractivity contribution is 6.09. The number of anilines is 1. The normalized spacial score (nSPS) is 16.5. The Morgan fingerprint density at radius 1 is 1.07 bits per heavy atom. The SMILES string of the molecule is CC(C)(C)OC(=O)N[C@@]1(Cc2c(C#N)c(=O)oc3ccc(F)cc23)C(=O)N(Cc2ccccc2)c2ccccc21. The average molecular weight is 540 g/mol. The van der Waals surface area contributed by atoms with E-state index in [4.69, 9.17) is 9.15 Å². The zero-order valence-corrected chi connectivity index (χ0v) is 22.2. The van der Waals surface area contributed by atoms with Crippen molar-refractivity contribution in [2.45, 2.75) is 44.9 Å². The lowest BCUT2D eigenvalue weighted by molar-refractivity contribution is -0.124. The maximum absolute atomic E-state index is 14.5. The van der Waals surface area contributed by atoms with Crippen LogP contribution in [0.3, 0.4) is 0 Å². The van der Waals surface area contributed by atoms with Crippen LogP contribution in [-0.4, -0.2) is 17.6 Å². The van der Waals surface area contributed by atoms with E-state index < -0.39 is 34.6 Å². The number of nitrogens with one attached hydrogen (secondary N) is 1. The Labute approximate surface area is 229 Å². The highest BCUT2D eigenvalue weighted by Gasteiger charge is 2.53. The van der Waals surface area contributed by atoms with Gasteiger partial charge in [0.15, 0.2) is 5.54 Å². The van der Waals surface area contributed by atoms with Crippen molar-refractivity contribution in [2.75, 3.05) is 4.90 Å². The molecule has 0 spiro atoms. The Morgan fingerprint density at radius 3 is 2.48 bits per heavy atom. The molecule has 4 aromatic rings. The lowest BCUT2D eigenvalue weighted by Crippen LogP contribution is -2.55. The molecule has 2 amide bonds. The number of alkyl carbamates (subject to hydrolysis) is 1. The molecule has 40 heavy (non-hydrogen) atoms. The minimum Gasteiger partial charge on any atom is -0.444 e. The lowest BCUT2D eigenvalue weighted by Gasteiger charge is -2.32. The Balaban J connectivity index is 1.74. The topological polar surface area (TPSA) is 113 Å². The van der Waals surface area contributed by atoms with Gasteiger partial charge in [-0.15, -0.1) is 0 Å². The minimum atomic E-state index is -1.79. The standard InChI is InChI=1S/C31H26FN3O5/c1-30(2,3)40-29(38)34-31(16-22-21-15-20(32)13-14-26(21)39-27(36)23(22)17-33)24-11-7-8-12-25(24)35(28(31)37)18-19-9-5-4-6-10-19/h4-15H,16,18H2,1-3H3,(H,34,38)/t31-/m1/s1. The third kappa shape index (κ3) is 4.80. The number of hydrogen-bond acceptors (Lipinski definition) is 6. The van der Waals surface area contributed by atoms with Crippen LogP contribution in [0, 0.1) is 17.1 Å². The summed E-state index contributed by atoms with van der Waals surface area (Å²) in [6.45, 7) is 5.28. The van der Waals surface area contributed by atoms with Crippen LogP contribution >= 0.6 is 0 Å². The van der Waals surface area contributed by atoms with Crippen LogP contribution < -0.4 is 15.8 Å². The summed E-state index contributed by atoms with van der Waals surface area (Å²) in [4.78, 5) is 42.1. The second kappa shape index (κ2) is 9.97. The van der Waals surface area contributed by atoms with Gasteiger partial charge < -0.3 is 19.4 Å². The first-order valence-corrected chi connectivity index (χ1v) is 12.6. The van der Waals surface area contributed by atoms with Gasteiger partial charge in [0.05, 0.1) is 12.2 Å². The molecule has 0 aliphatic carbocycles. The molecule has 1 aromatic heterocycles. The number of halogens is 1. The molecule has 1 N–H and O–H groups in total. The Morgan fingerprint density at radius 2 is 1.77 bits per heavy atom. The zero-order valence-electron chi connectivity index (χ0n) is 22.2. The molecule has 2 heterocycles. The quantitative estimate of drug-likeness (QED) is 0.344. The molecular formula is C31H26FN3O5. The molecule has 0 saturated heterocycles. The molecule has 0 unspecified atom stereocenters. The summed E-state index contributed by atoms with van der Waals surface area (Å²) in [6, 6.07) is 21.7. The van der Waals surface area contributed by atoms with E-state index in [1.54, 1.807) is 49.9 Å². The van der Waals surface area contributed by atoms with E-state index in [0.29, 0.717) is 11.3 Å². The first-order chi connectivity index (χ1) is 19.0. The van der Waals surface area contributed by atoms with Gasteiger partial charge in [0.1, 0.15) is 28.6 Å². The number of fused-ring (bicyclic) bond motifs is 2. The first kappa shape index (κ1) is 26.6. The molecule has 202 valence electrons. The van der Waals surface area contributed by atoms with E-state index >= 15 is 0 Å². The van der Waals surface area contributed by atoms with Crippen molar-refractivity contribution in [3.8, 4) is 6.07 Å². The van der Waals surface area contributed by atoms with Gasteiger partial charge in [0.2, 0.25) is 0 Å². The van der Waals surface area contributed by atoms with Crippen molar-refractivity contribution >= 4 is 28.7 Å². The molecule has 0 radical (unpaired) electrons. The lowest BCUT2D eigenvalue weighted by atomic mass is 9.82. The van der Waals surface area contributed by atoms with Gasteiger partial charge in [0.25, 0.3) is 5.91 Å². The molecule has 3 aromatic carbocycles. The monoisotopic (exact) mass is 539 g/mol. The van der Waals surface area contributed by atoms with Gasteiger partial charge in [-0.2, -0.15) is 5.26 Å². The first-order valence-electron chi connectivity index (χ1n) is 12.6. The number of nitrogens with zero attached hydrogens (tertiary/aromatic N) is 2. The number of hydrogen-bond donors (Lipinski definition) is 1. The third-order valence-electron chi connectivity index (χ3n) is 6.69. The summed E-state index contributed by atoms with van der Waals surface area (Å²) < 4.78 is 25.2. The van der Waals surface area contributed by atoms with Gasteiger partial charge in [0, 0.05) is 17.4 Å². The number of carbonyl (C=O) groups excluding carboxylic acids is 2. The van der Waals surface area contributed by atoms with Crippen LogP contribution in [0.25, 0.3) is 11.0 Å². The summed E-state index contributed by atoms with van der Waals surface area (Å²) >= 11 is 0. The van der Waals surface area contributed by atoms with Crippen LogP contribution in [0.2, 0.25) is 0 Å². The molecule has 5 rings (SSSR count). The van der Waals surface area contributed by atoms with E-state index in [9.17, 15) is 24.0 Å². The highest BCUT2D eigenvalue weighted by atomic mass is 19.1. The molecule has 9 heteroatoms. The van der Waals surface area contributed by atoms with Crippen LogP contribution in [0.4, 0.5) is 14.9 Å². The largest absolute Gasteiger partial charge is 0.444 e. The van der Waals surface area contributed by atoms with Crippen molar-refractivity contribution in [1.29, 1.82) is 5.26 Å². The summed E-state index contributed by atoms with van der Waals surface area (Å²) in [7, 11) is 0. The van der Waals surface area contributed by atoms with Crippen molar-refractivity contribution < 1.29 is 23.1 Å². The predicted molar refractivity (Wildman–Crippen MR) is 146 cm³/mol. The number of nitriles is 1. The smallest absolute Gasteiger partial charge is 0.408 e. The number of rotatable bonds is 5. The van der Waals surface area contributed by atoms with E-state index in [2.05, 4.69) is 5.32 Å². The van der Waals surface area contributed by atoms with Gasteiger partial charge in [-0.05, 0) is 56.2 Å². The fourth-order valence-corrected chi connectivity index (χ4v) is 5.06. The molecule has 8 nitrogen and oxygen atoms in total. The van der Waals surface area contributed by atoms with E-state index in [0.717, 1.165) is 17.7 Å².